The molecule has 2 aromatic heterocycles. The molecule has 0 fully saturated rings. The quantitative estimate of drug-likeness (QED) is 0.589. The van der Waals surface area contributed by atoms with E-state index in [9.17, 15) is 0 Å². The Kier molecular flexibility index (Phi) is 4.94. The fourth-order valence-electron chi connectivity index (χ4n) is 1.92. The molecule has 24 heavy (non-hydrogen) atoms. The summed E-state index contributed by atoms with van der Waals surface area (Å²) in [6.45, 7) is 0.576. The van der Waals surface area contributed by atoms with E-state index in [1.54, 1.807) is 16.7 Å². The zero-order chi connectivity index (χ0) is 16.9. The number of rotatable bonds is 7. The average Bonchev–Trinajstić information content (AvgIpc) is 3.23. The minimum Gasteiger partial charge on any atom is -0.497 e. The Balaban J connectivity index is 1.63. The van der Waals surface area contributed by atoms with Crippen LogP contribution in [0.15, 0.2) is 33.9 Å². The number of thioether (sulfide) groups is 1. The number of nitrogens with zero attached hydrogens (tertiary/aromatic N) is 7. The maximum absolute atomic E-state index is 5.19. The summed E-state index contributed by atoms with van der Waals surface area (Å²) in [6.07, 6.45) is 0. The van der Waals surface area contributed by atoms with E-state index in [1.807, 2.05) is 38.4 Å². The molecule has 0 saturated heterocycles. The van der Waals surface area contributed by atoms with Gasteiger partial charge in [0.05, 0.1) is 19.4 Å². The van der Waals surface area contributed by atoms with Crippen molar-refractivity contribution in [2.75, 3.05) is 26.1 Å². The van der Waals surface area contributed by atoms with Crippen molar-refractivity contribution in [3.8, 4) is 5.75 Å². The van der Waals surface area contributed by atoms with Gasteiger partial charge in [0.15, 0.2) is 0 Å². The van der Waals surface area contributed by atoms with Gasteiger partial charge in [-0.3, -0.25) is 0 Å². The molecule has 9 nitrogen and oxygen atoms in total. The number of benzene rings is 1. The van der Waals surface area contributed by atoms with Crippen LogP contribution >= 0.6 is 11.8 Å². The van der Waals surface area contributed by atoms with Gasteiger partial charge in [0.2, 0.25) is 11.0 Å². The second kappa shape index (κ2) is 7.30. The molecule has 0 unspecified atom stereocenters. The summed E-state index contributed by atoms with van der Waals surface area (Å²) in [7, 11) is 5.36. The molecule has 2 heterocycles. The number of ether oxygens (including phenoxy) is 1. The maximum Gasteiger partial charge on any atom is 0.265 e. The van der Waals surface area contributed by atoms with Gasteiger partial charge in [0.1, 0.15) is 5.75 Å². The molecule has 0 aliphatic rings. The summed E-state index contributed by atoms with van der Waals surface area (Å²) < 4.78 is 12.1. The number of hydrogen-bond donors (Lipinski definition) is 0. The predicted molar refractivity (Wildman–Crippen MR) is 88.1 cm³/mol. The third kappa shape index (κ3) is 3.82. The molecular weight excluding hydrogens is 330 g/mol. The molecule has 0 amide bonds. The molecule has 1 aromatic carbocycles. The summed E-state index contributed by atoms with van der Waals surface area (Å²) >= 11 is 1.45. The molecule has 0 bridgehead atoms. The molecule has 3 rings (SSSR count). The second-order valence-corrected chi connectivity index (χ2v) is 6.08. The number of anilines is 1. The van der Waals surface area contributed by atoms with Crippen molar-refractivity contribution in [3.05, 3.63) is 35.7 Å². The van der Waals surface area contributed by atoms with E-state index in [2.05, 4.69) is 25.7 Å². The maximum atomic E-state index is 5.19. The van der Waals surface area contributed by atoms with Crippen LogP contribution in [-0.2, 0) is 12.3 Å². The molecule has 0 aliphatic heterocycles. The average molecular weight is 347 g/mol. The van der Waals surface area contributed by atoms with Crippen LogP contribution in [0, 0.1) is 0 Å². The molecule has 3 aromatic rings. The highest BCUT2D eigenvalue weighted by Crippen LogP contribution is 2.21. The summed E-state index contributed by atoms with van der Waals surface area (Å²) in [5.74, 6) is 2.40. The van der Waals surface area contributed by atoms with Crippen molar-refractivity contribution in [2.45, 2.75) is 17.5 Å². The lowest BCUT2D eigenvalue weighted by atomic mass is 10.2. The highest BCUT2D eigenvalue weighted by molar-refractivity contribution is 7.98. The third-order valence-electron chi connectivity index (χ3n) is 3.17. The van der Waals surface area contributed by atoms with E-state index < -0.39 is 0 Å². The van der Waals surface area contributed by atoms with Crippen LogP contribution in [0.3, 0.4) is 0 Å². The Morgan fingerprint density at radius 2 is 2.04 bits per heavy atom. The standard InChI is InChI=1S/C14H17N7O2S/c1-20(2)13-15-12(23-17-13)9-24-14-16-18-19-21(14)8-10-4-6-11(22-3)7-5-10/h4-7H,8-9H2,1-3H3. The number of methoxy groups -OCH3 is 1. The summed E-state index contributed by atoms with van der Waals surface area (Å²) in [5.41, 5.74) is 1.08. The van der Waals surface area contributed by atoms with Crippen LogP contribution in [0.25, 0.3) is 0 Å². The van der Waals surface area contributed by atoms with Gasteiger partial charge < -0.3 is 14.2 Å². The van der Waals surface area contributed by atoms with E-state index in [4.69, 9.17) is 9.26 Å². The highest BCUT2D eigenvalue weighted by atomic mass is 32.2. The molecule has 0 spiro atoms. The number of aromatic nitrogens is 6. The van der Waals surface area contributed by atoms with Crippen LogP contribution in [0.1, 0.15) is 11.5 Å². The first-order valence-corrected chi connectivity index (χ1v) is 8.16. The van der Waals surface area contributed by atoms with Crippen molar-refractivity contribution >= 4 is 17.7 Å². The van der Waals surface area contributed by atoms with Crippen molar-refractivity contribution in [3.63, 3.8) is 0 Å². The largest absolute Gasteiger partial charge is 0.497 e. The van der Waals surface area contributed by atoms with Crippen molar-refractivity contribution in [2.24, 2.45) is 0 Å². The Morgan fingerprint density at radius 3 is 2.71 bits per heavy atom. The van der Waals surface area contributed by atoms with Gasteiger partial charge in [-0.25, -0.2) is 4.68 Å². The molecule has 0 atom stereocenters. The lowest BCUT2D eigenvalue weighted by Crippen LogP contribution is -2.10. The summed E-state index contributed by atoms with van der Waals surface area (Å²) in [6, 6.07) is 7.79. The van der Waals surface area contributed by atoms with Gasteiger partial charge in [-0.05, 0) is 33.3 Å². The van der Waals surface area contributed by atoms with E-state index in [0.717, 1.165) is 11.3 Å². The van der Waals surface area contributed by atoms with E-state index in [-0.39, 0.29) is 0 Å². The molecule has 10 heteroatoms. The smallest absolute Gasteiger partial charge is 0.265 e. The van der Waals surface area contributed by atoms with Gasteiger partial charge in [0.25, 0.3) is 5.95 Å². The van der Waals surface area contributed by atoms with E-state index in [1.165, 1.54) is 11.8 Å². The van der Waals surface area contributed by atoms with E-state index in [0.29, 0.717) is 29.3 Å². The molecular formula is C14H17N7O2S. The topological polar surface area (TPSA) is 95.0 Å². The molecule has 126 valence electrons. The van der Waals surface area contributed by atoms with Crippen LogP contribution < -0.4 is 9.64 Å². The van der Waals surface area contributed by atoms with Gasteiger partial charge in [-0.2, -0.15) is 4.98 Å². The monoisotopic (exact) mass is 347 g/mol. The molecule has 0 radical (unpaired) electrons. The summed E-state index contributed by atoms with van der Waals surface area (Å²) in [4.78, 5) is 6.06. The van der Waals surface area contributed by atoms with Crippen molar-refractivity contribution in [1.82, 2.24) is 30.3 Å². The SMILES string of the molecule is COc1ccc(Cn2nnnc2SCc2nc(N(C)C)no2)cc1. The molecule has 0 saturated carbocycles. The highest BCUT2D eigenvalue weighted by Gasteiger charge is 2.12. The Morgan fingerprint density at radius 1 is 1.25 bits per heavy atom. The normalized spacial score (nSPS) is 10.8. The third-order valence-corrected chi connectivity index (χ3v) is 4.11. The second-order valence-electron chi connectivity index (χ2n) is 5.14. The Bertz CT molecular complexity index is 785. The van der Waals surface area contributed by atoms with Crippen molar-refractivity contribution < 1.29 is 9.26 Å². The van der Waals surface area contributed by atoms with Gasteiger partial charge in [-0.15, -0.1) is 5.10 Å². The molecule has 0 aliphatic carbocycles. The van der Waals surface area contributed by atoms with Crippen LogP contribution in [0.2, 0.25) is 0 Å². The summed E-state index contributed by atoms with van der Waals surface area (Å²) in [5, 5.41) is 16.4. The predicted octanol–water partition coefficient (Wildman–Crippen LogP) is 1.47. The van der Waals surface area contributed by atoms with E-state index >= 15 is 0 Å². The first-order chi connectivity index (χ1) is 11.7. The fraction of sp³-hybridized carbons (Fsp3) is 0.357. The number of tetrazole rings is 1. The van der Waals surface area contributed by atoms with Crippen LogP contribution in [0.4, 0.5) is 5.95 Å². The Hall–Kier alpha value is -2.62. The van der Waals surface area contributed by atoms with Crippen LogP contribution in [-0.4, -0.2) is 51.6 Å². The lowest BCUT2D eigenvalue weighted by molar-refractivity contribution is 0.390. The minimum absolute atomic E-state index is 0.504. The fourth-order valence-corrected chi connectivity index (χ4v) is 2.63. The minimum atomic E-state index is 0.504. The van der Waals surface area contributed by atoms with Gasteiger partial charge in [0, 0.05) is 14.1 Å². The number of hydrogen-bond acceptors (Lipinski definition) is 9. The van der Waals surface area contributed by atoms with Crippen LogP contribution in [0.5, 0.6) is 5.75 Å². The van der Waals surface area contributed by atoms with Gasteiger partial charge in [-0.1, -0.05) is 23.9 Å². The lowest BCUT2D eigenvalue weighted by Gasteiger charge is -2.05. The zero-order valence-corrected chi connectivity index (χ0v) is 14.4. The first-order valence-electron chi connectivity index (χ1n) is 7.17. The van der Waals surface area contributed by atoms with Crippen molar-refractivity contribution in [1.29, 1.82) is 0 Å². The Labute approximate surface area is 143 Å². The zero-order valence-electron chi connectivity index (χ0n) is 13.6. The van der Waals surface area contributed by atoms with Gasteiger partial charge >= 0.3 is 0 Å². The first kappa shape index (κ1) is 16.2. The molecule has 0 N–H and O–H groups in total.